The monoisotopic (exact) mass is 227 g/mol. The molecule has 88 valence electrons. The van der Waals surface area contributed by atoms with Crippen LogP contribution in [0.1, 0.15) is 12.5 Å². The molecule has 0 radical (unpaired) electrons. The molecule has 0 unspecified atom stereocenters. The summed E-state index contributed by atoms with van der Waals surface area (Å²) in [5.41, 5.74) is 1.94. The van der Waals surface area contributed by atoms with Gasteiger partial charge < -0.3 is 10.1 Å². The highest BCUT2D eigenvalue weighted by molar-refractivity contribution is 5.76. The molecular weight excluding hydrogens is 210 g/mol. The highest BCUT2D eigenvalue weighted by atomic mass is 16.5. The summed E-state index contributed by atoms with van der Waals surface area (Å²) in [6.45, 7) is 6.15. The van der Waals surface area contributed by atoms with Crippen molar-refractivity contribution in [3.63, 3.8) is 0 Å². The van der Waals surface area contributed by atoms with Crippen molar-refractivity contribution in [2.24, 2.45) is 0 Å². The second kappa shape index (κ2) is 7.23. The third-order valence-corrected chi connectivity index (χ3v) is 2.16. The summed E-state index contributed by atoms with van der Waals surface area (Å²) in [4.78, 5) is 0. The molecule has 17 heavy (non-hydrogen) atoms. The van der Waals surface area contributed by atoms with Gasteiger partial charge in [-0.2, -0.15) is 0 Å². The van der Waals surface area contributed by atoms with Crippen LogP contribution < -0.4 is 4.74 Å². The number of ether oxygens (including phenoxy) is 1. The number of rotatable bonds is 6. The molecule has 1 N–H and O–H groups in total. The number of hydrogen-bond acceptors (Lipinski definition) is 2. The van der Waals surface area contributed by atoms with Gasteiger partial charge >= 0.3 is 0 Å². The molecule has 0 aliphatic rings. The fourth-order valence-electron chi connectivity index (χ4n) is 1.34. The number of allylic oxidation sites excluding steroid dienone is 3. The van der Waals surface area contributed by atoms with Gasteiger partial charge in [-0.05, 0) is 42.3 Å². The summed E-state index contributed by atoms with van der Waals surface area (Å²) in [6, 6.07) is 7.44. The van der Waals surface area contributed by atoms with Crippen molar-refractivity contribution in [2.75, 3.05) is 6.61 Å². The predicted octanol–water partition coefficient (Wildman–Crippen LogP) is 3.75. The molecule has 2 nitrogen and oxygen atoms in total. The standard InChI is InChI=1S/C15H17NO/c1-3-5-14(6-4-2)12-17-15-9-7-13(11-16)8-10-15/h3-11,16H,1,12H2,2H3/b6-4-,14-5+,16-11?. The Hall–Kier alpha value is -2.09. The Labute approximate surface area is 102 Å². The van der Waals surface area contributed by atoms with E-state index >= 15 is 0 Å². The lowest BCUT2D eigenvalue weighted by Crippen LogP contribution is -1.99. The van der Waals surface area contributed by atoms with Crippen molar-refractivity contribution < 1.29 is 4.74 Å². The molecule has 0 fully saturated rings. The lowest BCUT2D eigenvalue weighted by Gasteiger charge is -2.06. The number of nitrogens with one attached hydrogen (secondary N) is 1. The first-order valence-corrected chi connectivity index (χ1v) is 5.47. The summed E-state index contributed by atoms with van der Waals surface area (Å²) < 4.78 is 5.63. The van der Waals surface area contributed by atoms with Crippen LogP contribution in [0.5, 0.6) is 5.75 Å². The minimum Gasteiger partial charge on any atom is -0.489 e. The highest BCUT2D eigenvalue weighted by Gasteiger charge is 1.95. The Kier molecular flexibility index (Phi) is 5.52. The van der Waals surface area contributed by atoms with Crippen molar-refractivity contribution in [1.82, 2.24) is 0 Å². The maximum absolute atomic E-state index is 7.10. The highest BCUT2D eigenvalue weighted by Crippen LogP contribution is 2.12. The Bertz CT molecular complexity index is 427. The van der Waals surface area contributed by atoms with Crippen LogP contribution in [0.15, 0.2) is 60.7 Å². The summed E-state index contributed by atoms with van der Waals surface area (Å²) >= 11 is 0. The van der Waals surface area contributed by atoms with Gasteiger partial charge in [0.25, 0.3) is 0 Å². The Morgan fingerprint density at radius 2 is 2.06 bits per heavy atom. The maximum Gasteiger partial charge on any atom is 0.119 e. The van der Waals surface area contributed by atoms with Gasteiger partial charge in [0, 0.05) is 6.21 Å². The summed E-state index contributed by atoms with van der Waals surface area (Å²) in [6.07, 6.45) is 8.94. The molecule has 0 amide bonds. The van der Waals surface area contributed by atoms with Crippen LogP contribution >= 0.6 is 0 Å². The third kappa shape index (κ3) is 4.51. The molecular formula is C15H17NO. The van der Waals surface area contributed by atoms with Gasteiger partial charge in [0.2, 0.25) is 0 Å². The smallest absolute Gasteiger partial charge is 0.119 e. The van der Waals surface area contributed by atoms with E-state index < -0.39 is 0 Å². The average molecular weight is 227 g/mol. The van der Waals surface area contributed by atoms with E-state index in [4.69, 9.17) is 10.1 Å². The van der Waals surface area contributed by atoms with Crippen molar-refractivity contribution in [2.45, 2.75) is 6.92 Å². The first kappa shape index (κ1) is 13.0. The lowest BCUT2D eigenvalue weighted by atomic mass is 10.2. The van der Waals surface area contributed by atoms with E-state index in [2.05, 4.69) is 6.58 Å². The molecule has 2 heteroatoms. The third-order valence-electron chi connectivity index (χ3n) is 2.16. The first-order chi connectivity index (χ1) is 8.30. The van der Waals surface area contributed by atoms with Gasteiger partial charge in [-0.25, -0.2) is 0 Å². The van der Waals surface area contributed by atoms with Gasteiger partial charge in [-0.3, -0.25) is 0 Å². The molecule has 1 rings (SSSR count). The van der Waals surface area contributed by atoms with E-state index in [0.29, 0.717) is 6.61 Å². The maximum atomic E-state index is 7.10. The summed E-state index contributed by atoms with van der Waals surface area (Å²) in [7, 11) is 0. The van der Waals surface area contributed by atoms with Crippen LogP contribution in [0, 0.1) is 5.41 Å². The van der Waals surface area contributed by atoms with Crippen molar-refractivity contribution in [1.29, 1.82) is 5.41 Å². The van der Waals surface area contributed by atoms with Gasteiger partial charge in [0.15, 0.2) is 0 Å². The number of benzene rings is 1. The van der Waals surface area contributed by atoms with Crippen LogP contribution in [0.3, 0.4) is 0 Å². The summed E-state index contributed by atoms with van der Waals surface area (Å²) in [5.74, 6) is 0.801. The molecule has 0 bridgehead atoms. The normalized spacial score (nSPS) is 11.5. The average Bonchev–Trinajstić information content (AvgIpc) is 2.37. The predicted molar refractivity (Wildman–Crippen MR) is 72.9 cm³/mol. The Balaban J connectivity index is 2.62. The molecule has 0 saturated carbocycles. The van der Waals surface area contributed by atoms with E-state index in [0.717, 1.165) is 16.9 Å². The topological polar surface area (TPSA) is 33.1 Å². The zero-order valence-electron chi connectivity index (χ0n) is 10.0. The Morgan fingerprint density at radius 3 is 2.59 bits per heavy atom. The summed E-state index contributed by atoms with van der Waals surface area (Å²) in [5, 5.41) is 7.10. The molecule has 0 aliphatic heterocycles. The van der Waals surface area contributed by atoms with E-state index in [9.17, 15) is 0 Å². The molecule has 1 aromatic carbocycles. The fraction of sp³-hybridized carbons (Fsp3) is 0.133. The molecule has 0 spiro atoms. The molecule has 0 atom stereocenters. The minimum absolute atomic E-state index is 0.514. The molecule has 0 aliphatic carbocycles. The van der Waals surface area contributed by atoms with Gasteiger partial charge in [-0.15, -0.1) is 0 Å². The van der Waals surface area contributed by atoms with Crippen molar-refractivity contribution in [3.05, 3.63) is 66.3 Å². The Morgan fingerprint density at radius 1 is 1.35 bits per heavy atom. The lowest BCUT2D eigenvalue weighted by molar-refractivity contribution is 0.355. The molecule has 0 heterocycles. The number of hydrogen-bond donors (Lipinski definition) is 1. The largest absolute Gasteiger partial charge is 0.489 e. The first-order valence-electron chi connectivity index (χ1n) is 5.47. The van der Waals surface area contributed by atoms with E-state index in [1.165, 1.54) is 6.21 Å². The van der Waals surface area contributed by atoms with Crippen molar-refractivity contribution in [3.8, 4) is 5.75 Å². The van der Waals surface area contributed by atoms with E-state index in [1.54, 1.807) is 6.08 Å². The molecule has 0 saturated heterocycles. The second-order valence-corrected chi connectivity index (χ2v) is 3.48. The molecule has 1 aromatic rings. The van der Waals surface area contributed by atoms with Crippen LogP contribution in [0.25, 0.3) is 0 Å². The van der Waals surface area contributed by atoms with Crippen LogP contribution in [0.4, 0.5) is 0 Å². The van der Waals surface area contributed by atoms with E-state index in [-0.39, 0.29) is 0 Å². The SMILES string of the molecule is C=C/C=C(\C=C/C)COc1ccc(C=N)cc1. The van der Waals surface area contributed by atoms with Crippen molar-refractivity contribution >= 4 is 6.21 Å². The van der Waals surface area contributed by atoms with Crippen LogP contribution in [-0.2, 0) is 0 Å². The van der Waals surface area contributed by atoms with Gasteiger partial charge in [-0.1, -0.05) is 30.9 Å². The van der Waals surface area contributed by atoms with E-state index in [1.807, 2.05) is 49.4 Å². The second-order valence-electron chi connectivity index (χ2n) is 3.48. The fourth-order valence-corrected chi connectivity index (χ4v) is 1.34. The minimum atomic E-state index is 0.514. The van der Waals surface area contributed by atoms with Crippen LogP contribution in [-0.4, -0.2) is 12.8 Å². The molecule has 0 aromatic heterocycles. The van der Waals surface area contributed by atoms with Gasteiger partial charge in [0.05, 0.1) is 0 Å². The van der Waals surface area contributed by atoms with Crippen LogP contribution in [0.2, 0.25) is 0 Å². The zero-order chi connectivity index (χ0) is 12.5. The van der Waals surface area contributed by atoms with Gasteiger partial charge in [0.1, 0.15) is 12.4 Å². The zero-order valence-corrected chi connectivity index (χ0v) is 10.0. The quantitative estimate of drug-likeness (QED) is 0.582.